The van der Waals surface area contributed by atoms with Crippen LogP contribution < -0.4 is 11.1 Å². The van der Waals surface area contributed by atoms with Gasteiger partial charge in [-0.15, -0.1) is 0 Å². The van der Waals surface area contributed by atoms with Crippen molar-refractivity contribution in [3.05, 3.63) is 42.0 Å². The fourth-order valence-corrected chi connectivity index (χ4v) is 2.06. The summed E-state index contributed by atoms with van der Waals surface area (Å²) in [7, 11) is 0. The van der Waals surface area contributed by atoms with E-state index in [0.29, 0.717) is 23.7 Å². The molecule has 0 radical (unpaired) electrons. The number of hydrogen-bond donors (Lipinski definition) is 2. The van der Waals surface area contributed by atoms with E-state index in [4.69, 9.17) is 5.73 Å². The Morgan fingerprint density at radius 1 is 1.19 bits per heavy atom. The van der Waals surface area contributed by atoms with Crippen LogP contribution >= 0.6 is 0 Å². The number of anilines is 1. The van der Waals surface area contributed by atoms with Gasteiger partial charge in [-0.1, -0.05) is 52.0 Å². The van der Waals surface area contributed by atoms with E-state index >= 15 is 0 Å². The van der Waals surface area contributed by atoms with Gasteiger partial charge in [0.25, 0.3) is 5.91 Å². The maximum Gasteiger partial charge on any atom is 0.253 e. The maximum atomic E-state index is 12.4. The molecule has 0 fully saturated rings. The van der Waals surface area contributed by atoms with Crippen LogP contribution in [0.4, 0.5) is 5.69 Å². The van der Waals surface area contributed by atoms with Crippen molar-refractivity contribution < 1.29 is 4.79 Å². The van der Waals surface area contributed by atoms with E-state index in [0.717, 1.165) is 10.8 Å². The van der Waals surface area contributed by atoms with E-state index < -0.39 is 0 Å². The third-order valence-corrected chi connectivity index (χ3v) is 4.43. The van der Waals surface area contributed by atoms with Gasteiger partial charge in [-0.2, -0.15) is 0 Å². The van der Waals surface area contributed by atoms with Crippen molar-refractivity contribution in [2.24, 2.45) is 11.3 Å². The Hall–Kier alpha value is -2.03. The van der Waals surface area contributed by atoms with E-state index in [1.54, 1.807) is 0 Å². The third kappa shape index (κ3) is 3.35. The average Bonchev–Trinajstić information content (AvgIpc) is 2.44. The van der Waals surface area contributed by atoms with Gasteiger partial charge >= 0.3 is 0 Å². The van der Waals surface area contributed by atoms with E-state index in [1.807, 2.05) is 36.4 Å². The molecule has 0 aliphatic rings. The van der Waals surface area contributed by atoms with Crippen molar-refractivity contribution in [1.29, 1.82) is 0 Å². The van der Waals surface area contributed by atoms with E-state index in [9.17, 15) is 4.79 Å². The van der Waals surface area contributed by atoms with Gasteiger partial charge in [0, 0.05) is 12.2 Å². The highest BCUT2D eigenvalue weighted by Crippen LogP contribution is 2.26. The second-order valence-corrected chi connectivity index (χ2v) is 6.61. The molecule has 3 nitrogen and oxygen atoms in total. The van der Waals surface area contributed by atoms with Crippen molar-refractivity contribution in [2.45, 2.75) is 27.7 Å². The number of benzene rings is 2. The van der Waals surface area contributed by atoms with Gasteiger partial charge in [0.15, 0.2) is 0 Å². The molecule has 0 atom stereocenters. The zero-order valence-corrected chi connectivity index (χ0v) is 13.2. The molecule has 0 spiro atoms. The summed E-state index contributed by atoms with van der Waals surface area (Å²) in [5.74, 6) is 0.388. The van der Waals surface area contributed by atoms with Crippen molar-refractivity contribution in [3.63, 3.8) is 0 Å². The summed E-state index contributed by atoms with van der Waals surface area (Å²) in [4.78, 5) is 12.4. The van der Waals surface area contributed by atoms with Crippen LogP contribution in [0, 0.1) is 11.3 Å². The highest BCUT2D eigenvalue weighted by Gasteiger charge is 2.23. The topological polar surface area (TPSA) is 55.1 Å². The Balaban J connectivity index is 2.21. The smallest absolute Gasteiger partial charge is 0.253 e. The predicted octanol–water partition coefficient (Wildman–Crippen LogP) is 3.83. The summed E-state index contributed by atoms with van der Waals surface area (Å²) in [6.07, 6.45) is 0. The first-order valence-electron chi connectivity index (χ1n) is 7.38. The minimum atomic E-state index is -0.105. The van der Waals surface area contributed by atoms with Crippen molar-refractivity contribution in [3.8, 4) is 0 Å². The number of amides is 1. The molecule has 0 aliphatic carbocycles. The summed E-state index contributed by atoms with van der Waals surface area (Å²) in [6.45, 7) is 9.27. The minimum Gasteiger partial charge on any atom is -0.398 e. The number of rotatable bonds is 4. The largest absolute Gasteiger partial charge is 0.398 e. The van der Waals surface area contributed by atoms with E-state index in [1.165, 1.54) is 0 Å². The highest BCUT2D eigenvalue weighted by atomic mass is 16.1. The number of hydrogen-bond acceptors (Lipinski definition) is 2. The number of carbonyl (C=O) groups excluding carboxylic acids is 1. The van der Waals surface area contributed by atoms with Crippen molar-refractivity contribution >= 4 is 22.4 Å². The minimum absolute atomic E-state index is 0.0568. The van der Waals surface area contributed by atoms with Gasteiger partial charge in [0.1, 0.15) is 0 Å². The number of fused-ring (bicyclic) bond motifs is 1. The normalized spacial score (nSPS) is 11.9. The molecule has 112 valence electrons. The SMILES string of the molecule is CC(C)C(C)(C)CNC(=O)c1cc2ccccc2cc1N. The number of nitrogens with two attached hydrogens (primary N) is 1. The van der Waals surface area contributed by atoms with Crippen molar-refractivity contribution in [1.82, 2.24) is 5.32 Å². The molecule has 1 amide bonds. The van der Waals surface area contributed by atoms with Crippen LogP contribution in [-0.2, 0) is 0 Å². The van der Waals surface area contributed by atoms with Crippen LogP contribution in [0.1, 0.15) is 38.1 Å². The molecule has 2 rings (SSSR count). The molecule has 21 heavy (non-hydrogen) atoms. The van der Waals surface area contributed by atoms with Crippen LogP contribution in [0.25, 0.3) is 10.8 Å². The van der Waals surface area contributed by atoms with Crippen LogP contribution in [-0.4, -0.2) is 12.5 Å². The lowest BCUT2D eigenvalue weighted by Crippen LogP contribution is -2.37. The molecule has 0 saturated heterocycles. The second-order valence-electron chi connectivity index (χ2n) is 6.61. The van der Waals surface area contributed by atoms with Gasteiger partial charge in [-0.05, 0) is 34.2 Å². The molecule has 2 aromatic rings. The molecule has 3 N–H and O–H groups in total. The summed E-state index contributed by atoms with van der Waals surface area (Å²) >= 11 is 0. The lowest BCUT2D eigenvalue weighted by molar-refractivity contribution is 0.0926. The van der Waals surface area contributed by atoms with Gasteiger partial charge < -0.3 is 11.1 Å². The lowest BCUT2D eigenvalue weighted by Gasteiger charge is -2.29. The molecule has 2 aromatic carbocycles. The fraction of sp³-hybridized carbons (Fsp3) is 0.389. The average molecular weight is 284 g/mol. The summed E-state index contributed by atoms with van der Waals surface area (Å²) < 4.78 is 0. The zero-order chi connectivity index (χ0) is 15.6. The van der Waals surface area contributed by atoms with Crippen molar-refractivity contribution in [2.75, 3.05) is 12.3 Å². The number of carbonyl (C=O) groups is 1. The first-order valence-corrected chi connectivity index (χ1v) is 7.38. The van der Waals surface area contributed by atoms with Crippen LogP contribution in [0.2, 0.25) is 0 Å². The second kappa shape index (κ2) is 5.76. The van der Waals surface area contributed by atoms with Crippen LogP contribution in [0.15, 0.2) is 36.4 Å². The molecule has 0 saturated carbocycles. The van der Waals surface area contributed by atoms with Crippen LogP contribution in [0.3, 0.4) is 0 Å². The quantitative estimate of drug-likeness (QED) is 0.838. The summed E-state index contributed by atoms with van der Waals surface area (Å²) in [6, 6.07) is 11.6. The Kier molecular flexibility index (Phi) is 4.21. The van der Waals surface area contributed by atoms with Crippen LogP contribution in [0.5, 0.6) is 0 Å². The highest BCUT2D eigenvalue weighted by molar-refractivity contribution is 6.03. The Bertz CT molecular complexity index is 659. The molecule has 0 unspecified atom stereocenters. The first kappa shape index (κ1) is 15.4. The standard InChI is InChI=1S/C18H24N2O/c1-12(2)18(3,4)11-20-17(21)15-9-13-7-5-6-8-14(13)10-16(15)19/h5-10,12H,11,19H2,1-4H3,(H,20,21). The Labute approximate surface area is 126 Å². The number of nitrogen functional groups attached to an aromatic ring is 1. The zero-order valence-electron chi connectivity index (χ0n) is 13.2. The molecule has 0 heterocycles. The summed E-state index contributed by atoms with van der Waals surface area (Å²) in [5.41, 5.74) is 7.15. The maximum absolute atomic E-state index is 12.4. The molecule has 3 heteroatoms. The summed E-state index contributed by atoms with van der Waals surface area (Å²) in [5, 5.41) is 5.08. The van der Waals surface area contributed by atoms with Gasteiger partial charge in [-0.25, -0.2) is 0 Å². The molecule has 0 aliphatic heterocycles. The lowest BCUT2D eigenvalue weighted by atomic mass is 9.81. The number of nitrogens with one attached hydrogen (secondary N) is 1. The predicted molar refractivity (Wildman–Crippen MR) is 89.3 cm³/mol. The monoisotopic (exact) mass is 284 g/mol. The van der Waals surface area contributed by atoms with Gasteiger partial charge in [0.2, 0.25) is 0 Å². The first-order chi connectivity index (χ1) is 9.81. The van der Waals surface area contributed by atoms with E-state index in [2.05, 4.69) is 33.0 Å². The molecule has 0 bridgehead atoms. The third-order valence-electron chi connectivity index (χ3n) is 4.43. The molecule has 0 aromatic heterocycles. The van der Waals surface area contributed by atoms with E-state index in [-0.39, 0.29) is 11.3 Å². The molecular weight excluding hydrogens is 260 g/mol. The van der Waals surface area contributed by atoms with Gasteiger partial charge in [0.05, 0.1) is 5.56 Å². The Morgan fingerprint density at radius 3 is 2.33 bits per heavy atom. The Morgan fingerprint density at radius 2 is 1.76 bits per heavy atom. The van der Waals surface area contributed by atoms with Gasteiger partial charge in [-0.3, -0.25) is 4.79 Å². The fourth-order valence-electron chi connectivity index (χ4n) is 2.06. The molecular formula is C18H24N2O.